The number of nitrogens with one attached hydrogen (secondary N) is 2. The van der Waals surface area contributed by atoms with Gasteiger partial charge in [0.25, 0.3) is 0 Å². The summed E-state index contributed by atoms with van der Waals surface area (Å²) in [4.78, 5) is 14.0. The maximum Gasteiger partial charge on any atom is 0.227 e. The summed E-state index contributed by atoms with van der Waals surface area (Å²) in [7, 11) is 0. The highest BCUT2D eigenvalue weighted by atomic mass is 32.1. The molecule has 7 heteroatoms. The van der Waals surface area contributed by atoms with Crippen LogP contribution < -0.4 is 25.0 Å². The minimum atomic E-state index is -0.0278. The molecule has 1 saturated heterocycles. The van der Waals surface area contributed by atoms with Crippen LogP contribution in [0.2, 0.25) is 0 Å². The van der Waals surface area contributed by atoms with Gasteiger partial charge < -0.3 is 25.0 Å². The Hall–Kier alpha value is -2.80. The first-order valence-corrected chi connectivity index (χ1v) is 11.2. The molecular formula is C24H31N3O3S. The Morgan fingerprint density at radius 2 is 1.87 bits per heavy atom. The average molecular weight is 442 g/mol. The van der Waals surface area contributed by atoms with Crippen molar-refractivity contribution in [1.82, 2.24) is 5.32 Å². The van der Waals surface area contributed by atoms with Gasteiger partial charge in [-0.15, -0.1) is 0 Å². The Balaban J connectivity index is 1.68. The summed E-state index contributed by atoms with van der Waals surface area (Å²) in [5, 5.41) is 7.08. The van der Waals surface area contributed by atoms with Crippen molar-refractivity contribution >= 4 is 34.6 Å². The number of ether oxygens (including phenoxy) is 2. The number of rotatable bonds is 8. The first kappa shape index (κ1) is 22.9. The van der Waals surface area contributed by atoms with Crippen LogP contribution in [0, 0.1) is 6.92 Å². The normalized spacial score (nSPS) is 14.3. The number of nitrogens with zero attached hydrogens (tertiary/aromatic N) is 1. The lowest BCUT2D eigenvalue weighted by atomic mass is 10.1. The van der Waals surface area contributed by atoms with E-state index in [4.69, 9.17) is 21.7 Å². The monoisotopic (exact) mass is 441 g/mol. The van der Waals surface area contributed by atoms with Crippen molar-refractivity contribution in [3.8, 4) is 11.5 Å². The van der Waals surface area contributed by atoms with E-state index >= 15 is 0 Å². The Kier molecular flexibility index (Phi) is 7.74. The molecule has 0 spiro atoms. The summed E-state index contributed by atoms with van der Waals surface area (Å²) in [6.07, 6.45) is 1.51. The number of thiocarbonyl (C=S) groups is 1. The zero-order valence-corrected chi connectivity index (χ0v) is 19.5. The number of aryl methyl sites for hydroxylation is 1. The smallest absolute Gasteiger partial charge is 0.227 e. The highest BCUT2D eigenvalue weighted by Gasteiger charge is 2.23. The summed E-state index contributed by atoms with van der Waals surface area (Å²) in [5.74, 6) is 1.65. The van der Waals surface area contributed by atoms with E-state index in [1.165, 1.54) is 0 Å². The van der Waals surface area contributed by atoms with Crippen molar-refractivity contribution in [2.75, 3.05) is 30.0 Å². The van der Waals surface area contributed by atoms with Gasteiger partial charge in [0.05, 0.1) is 19.3 Å². The largest absolute Gasteiger partial charge is 0.490 e. The van der Waals surface area contributed by atoms with Crippen LogP contribution in [0.4, 0.5) is 11.4 Å². The summed E-state index contributed by atoms with van der Waals surface area (Å²) < 4.78 is 11.4. The van der Waals surface area contributed by atoms with Crippen LogP contribution in [0.25, 0.3) is 0 Å². The van der Waals surface area contributed by atoms with E-state index in [1.54, 1.807) is 0 Å². The summed E-state index contributed by atoms with van der Waals surface area (Å²) in [6, 6.07) is 11.9. The van der Waals surface area contributed by atoms with Gasteiger partial charge in [0.15, 0.2) is 16.6 Å². The third kappa shape index (κ3) is 5.67. The van der Waals surface area contributed by atoms with E-state index in [2.05, 4.69) is 10.6 Å². The van der Waals surface area contributed by atoms with Gasteiger partial charge in [0.2, 0.25) is 5.91 Å². The fourth-order valence-electron chi connectivity index (χ4n) is 3.66. The van der Waals surface area contributed by atoms with Crippen molar-refractivity contribution in [2.45, 2.75) is 46.6 Å². The van der Waals surface area contributed by atoms with E-state index < -0.39 is 0 Å². The lowest BCUT2D eigenvalue weighted by Gasteiger charge is -2.21. The predicted octanol–water partition coefficient (Wildman–Crippen LogP) is 4.97. The van der Waals surface area contributed by atoms with Gasteiger partial charge in [-0.1, -0.05) is 12.1 Å². The first-order valence-electron chi connectivity index (χ1n) is 10.8. The molecule has 2 aromatic rings. The lowest BCUT2D eigenvalue weighted by molar-refractivity contribution is -0.117. The number of anilines is 2. The molecule has 1 aliphatic rings. The SMILES string of the molecule is CCOc1ccc([C@@H](C)NC(=S)Nc2ccc(C)c(N3CCCC3=O)c2)cc1OCC. The highest BCUT2D eigenvalue weighted by molar-refractivity contribution is 7.80. The molecule has 2 aromatic carbocycles. The van der Waals surface area contributed by atoms with E-state index in [-0.39, 0.29) is 11.9 Å². The molecular weight excluding hydrogens is 410 g/mol. The number of amides is 1. The quantitative estimate of drug-likeness (QED) is 0.564. The molecule has 0 saturated carbocycles. The van der Waals surface area contributed by atoms with Crippen molar-refractivity contribution in [3.63, 3.8) is 0 Å². The summed E-state index contributed by atoms with van der Waals surface area (Å²) in [5.41, 5.74) is 3.91. The van der Waals surface area contributed by atoms with E-state index in [0.29, 0.717) is 24.7 Å². The molecule has 0 radical (unpaired) electrons. The topological polar surface area (TPSA) is 62.8 Å². The van der Waals surface area contributed by atoms with Crippen LogP contribution in [-0.4, -0.2) is 30.8 Å². The zero-order valence-electron chi connectivity index (χ0n) is 18.7. The van der Waals surface area contributed by atoms with Crippen molar-refractivity contribution in [2.24, 2.45) is 0 Å². The highest BCUT2D eigenvalue weighted by Crippen LogP contribution is 2.31. The second-order valence-corrected chi connectivity index (χ2v) is 7.95. The van der Waals surface area contributed by atoms with E-state index in [0.717, 1.165) is 47.0 Å². The number of carbonyl (C=O) groups is 1. The van der Waals surface area contributed by atoms with Crippen molar-refractivity contribution < 1.29 is 14.3 Å². The van der Waals surface area contributed by atoms with E-state index in [9.17, 15) is 4.79 Å². The van der Waals surface area contributed by atoms with Crippen molar-refractivity contribution in [3.05, 3.63) is 47.5 Å². The summed E-state index contributed by atoms with van der Waals surface area (Å²) in [6.45, 7) is 9.89. The molecule has 0 aliphatic carbocycles. The maximum absolute atomic E-state index is 12.2. The predicted molar refractivity (Wildman–Crippen MR) is 129 cm³/mol. The molecule has 2 N–H and O–H groups in total. The molecule has 3 rings (SSSR count). The lowest BCUT2D eigenvalue weighted by Crippen LogP contribution is -2.31. The van der Waals surface area contributed by atoms with Crippen molar-refractivity contribution in [1.29, 1.82) is 0 Å². The first-order chi connectivity index (χ1) is 14.9. The maximum atomic E-state index is 12.2. The molecule has 166 valence electrons. The zero-order chi connectivity index (χ0) is 22.4. The fraction of sp³-hybridized carbons (Fsp3) is 0.417. The molecule has 0 aromatic heterocycles. The van der Waals surface area contributed by atoms with E-state index in [1.807, 2.05) is 69.0 Å². The molecule has 6 nitrogen and oxygen atoms in total. The Morgan fingerprint density at radius 3 is 2.55 bits per heavy atom. The number of benzene rings is 2. The molecule has 1 aliphatic heterocycles. The summed E-state index contributed by atoms with van der Waals surface area (Å²) >= 11 is 5.54. The van der Waals surface area contributed by atoms with Crippen LogP contribution >= 0.6 is 12.2 Å². The van der Waals surface area contributed by atoms with Crippen LogP contribution in [-0.2, 0) is 4.79 Å². The Morgan fingerprint density at radius 1 is 1.13 bits per heavy atom. The fourth-order valence-corrected chi connectivity index (χ4v) is 3.96. The van der Waals surface area contributed by atoms with Crippen LogP contribution in [0.5, 0.6) is 11.5 Å². The molecule has 1 amide bonds. The number of hydrogen-bond acceptors (Lipinski definition) is 4. The minimum absolute atomic E-state index is 0.0278. The van der Waals surface area contributed by atoms with Crippen LogP contribution in [0.1, 0.15) is 50.8 Å². The third-order valence-corrected chi connectivity index (χ3v) is 5.47. The van der Waals surface area contributed by atoms with Crippen LogP contribution in [0.15, 0.2) is 36.4 Å². The minimum Gasteiger partial charge on any atom is -0.490 e. The molecule has 0 unspecified atom stereocenters. The molecule has 31 heavy (non-hydrogen) atoms. The molecule has 1 heterocycles. The standard InChI is InChI=1S/C24H31N3O3S/c1-5-29-21-12-10-18(14-22(21)30-6-2)17(4)25-24(31)26-19-11-9-16(3)20(15-19)27-13-7-8-23(27)28/h9-12,14-15,17H,5-8,13H2,1-4H3,(H2,25,26,31)/t17-/m1/s1. The van der Waals surface area contributed by atoms with Gasteiger partial charge in [-0.25, -0.2) is 0 Å². The van der Waals surface area contributed by atoms with Gasteiger partial charge >= 0.3 is 0 Å². The van der Waals surface area contributed by atoms with Crippen LogP contribution in [0.3, 0.4) is 0 Å². The molecule has 1 fully saturated rings. The molecule has 0 bridgehead atoms. The Bertz CT molecular complexity index is 948. The molecule has 1 atom stereocenters. The van der Waals surface area contributed by atoms with Gasteiger partial charge in [-0.2, -0.15) is 0 Å². The number of carbonyl (C=O) groups excluding carboxylic acids is 1. The van der Waals surface area contributed by atoms with Gasteiger partial charge in [0.1, 0.15) is 0 Å². The van der Waals surface area contributed by atoms with Gasteiger partial charge in [0, 0.05) is 24.3 Å². The van der Waals surface area contributed by atoms with Gasteiger partial charge in [-0.05, 0) is 81.7 Å². The second-order valence-electron chi connectivity index (χ2n) is 7.54. The second kappa shape index (κ2) is 10.5. The third-order valence-electron chi connectivity index (χ3n) is 5.25. The Labute approximate surface area is 189 Å². The number of hydrogen-bond donors (Lipinski definition) is 2. The average Bonchev–Trinajstić information content (AvgIpc) is 3.16. The van der Waals surface area contributed by atoms with Gasteiger partial charge in [-0.3, -0.25) is 4.79 Å².